The first-order valence-electron chi connectivity index (χ1n) is 4.74. The summed E-state index contributed by atoms with van der Waals surface area (Å²) in [5.74, 6) is 0. The molecule has 0 aliphatic carbocycles. The Kier molecular flexibility index (Phi) is 2.84. The fourth-order valence-electron chi connectivity index (χ4n) is 1.72. The van der Waals surface area contributed by atoms with E-state index in [0.717, 1.165) is 0 Å². The van der Waals surface area contributed by atoms with Gasteiger partial charge in [0, 0.05) is 11.5 Å². The van der Waals surface area contributed by atoms with Crippen molar-refractivity contribution in [2.45, 2.75) is 32.7 Å². The lowest BCUT2D eigenvalue weighted by Gasteiger charge is -2.31. The maximum atomic E-state index is 3.84. The highest BCUT2D eigenvalue weighted by atomic mass is 28.4. The fraction of sp³-hybridized carbons (Fsp3) is 0.556. The number of hydrogen-bond donors (Lipinski definition) is 2. The second kappa shape index (κ2) is 3.44. The highest BCUT2D eigenvalue weighted by molar-refractivity contribution is 6.97. The topological polar surface area (TPSA) is 27.8 Å². The SMILES string of the molecule is C[Si](C)(C)N[Si](C)(C)c1ccc[nH]1. The van der Waals surface area contributed by atoms with Crippen LogP contribution in [0.1, 0.15) is 0 Å². The molecule has 0 unspecified atom stereocenters. The summed E-state index contributed by atoms with van der Waals surface area (Å²) in [6.45, 7) is 11.8. The van der Waals surface area contributed by atoms with Gasteiger partial charge in [0.25, 0.3) is 0 Å². The van der Waals surface area contributed by atoms with Crippen LogP contribution in [0.3, 0.4) is 0 Å². The molecule has 0 spiro atoms. The number of aromatic amines is 1. The normalized spacial score (nSPS) is 13.3. The first-order valence-corrected chi connectivity index (χ1v) is 11.2. The van der Waals surface area contributed by atoms with Crippen LogP contribution in [0.15, 0.2) is 18.3 Å². The molecule has 2 N–H and O–H groups in total. The summed E-state index contributed by atoms with van der Waals surface area (Å²) in [4.78, 5) is 3.32. The summed E-state index contributed by atoms with van der Waals surface area (Å²) < 4.78 is 3.84. The van der Waals surface area contributed by atoms with Gasteiger partial charge in [-0.05, 0) is 12.1 Å². The van der Waals surface area contributed by atoms with Crippen LogP contribution >= 0.6 is 0 Å². The van der Waals surface area contributed by atoms with Crippen molar-refractivity contribution in [1.82, 2.24) is 9.63 Å². The summed E-state index contributed by atoms with van der Waals surface area (Å²) in [7, 11) is -2.56. The molecular formula is C9H20N2Si2. The molecule has 0 amide bonds. The zero-order chi connectivity index (χ0) is 10.1. The summed E-state index contributed by atoms with van der Waals surface area (Å²) >= 11 is 0. The first kappa shape index (κ1) is 10.8. The standard InChI is InChI=1S/C9H20N2Si2/c1-12(2,3)11-13(4,5)9-7-6-8-10-9/h6-8,10-11H,1-5H3. The minimum Gasteiger partial charge on any atom is -0.367 e. The van der Waals surface area contributed by atoms with Crippen LogP contribution in [0.2, 0.25) is 32.7 Å². The summed E-state index contributed by atoms with van der Waals surface area (Å²) in [6, 6.07) is 4.27. The first-order chi connectivity index (χ1) is 5.81. The van der Waals surface area contributed by atoms with Crippen molar-refractivity contribution in [3.8, 4) is 0 Å². The number of rotatable bonds is 3. The Hall–Kier alpha value is -0.326. The largest absolute Gasteiger partial charge is 0.367 e. The van der Waals surface area contributed by atoms with E-state index in [0.29, 0.717) is 0 Å². The van der Waals surface area contributed by atoms with Crippen LogP contribution in [0.25, 0.3) is 0 Å². The third-order valence-electron chi connectivity index (χ3n) is 1.96. The molecule has 0 aliphatic heterocycles. The number of H-pyrrole nitrogens is 1. The molecular weight excluding hydrogens is 192 g/mol. The average Bonchev–Trinajstić information content (AvgIpc) is 2.29. The van der Waals surface area contributed by atoms with Crippen molar-refractivity contribution in [1.29, 1.82) is 0 Å². The molecule has 13 heavy (non-hydrogen) atoms. The third-order valence-corrected chi connectivity index (χ3v) is 9.12. The molecule has 4 heteroatoms. The Morgan fingerprint density at radius 3 is 2.15 bits per heavy atom. The quantitative estimate of drug-likeness (QED) is 0.736. The molecule has 74 valence electrons. The fourth-order valence-corrected chi connectivity index (χ4v) is 10.7. The Morgan fingerprint density at radius 1 is 1.15 bits per heavy atom. The average molecular weight is 212 g/mol. The van der Waals surface area contributed by atoms with Crippen molar-refractivity contribution in [2.75, 3.05) is 0 Å². The van der Waals surface area contributed by atoms with Crippen molar-refractivity contribution in [2.24, 2.45) is 0 Å². The smallest absolute Gasteiger partial charge is 0.164 e. The molecule has 0 saturated carbocycles. The molecule has 1 heterocycles. The van der Waals surface area contributed by atoms with Gasteiger partial charge >= 0.3 is 0 Å². The van der Waals surface area contributed by atoms with Crippen LogP contribution < -0.4 is 9.97 Å². The molecule has 1 rings (SSSR count). The van der Waals surface area contributed by atoms with Crippen molar-refractivity contribution >= 4 is 21.8 Å². The maximum Gasteiger partial charge on any atom is 0.164 e. The van der Waals surface area contributed by atoms with Crippen LogP contribution in [0, 0.1) is 0 Å². The zero-order valence-electron chi connectivity index (χ0n) is 9.23. The van der Waals surface area contributed by atoms with E-state index in [2.05, 4.69) is 54.5 Å². The van der Waals surface area contributed by atoms with Crippen molar-refractivity contribution in [3.05, 3.63) is 18.3 Å². The van der Waals surface area contributed by atoms with E-state index in [9.17, 15) is 0 Å². The lowest BCUT2D eigenvalue weighted by Crippen LogP contribution is -2.64. The predicted octanol–water partition coefficient (Wildman–Crippen LogP) is 1.85. The second-order valence-electron chi connectivity index (χ2n) is 5.08. The summed E-state index contributed by atoms with van der Waals surface area (Å²) in [5.41, 5.74) is 0. The van der Waals surface area contributed by atoms with E-state index in [4.69, 9.17) is 0 Å². The van der Waals surface area contributed by atoms with Gasteiger partial charge in [0.05, 0.1) is 0 Å². The van der Waals surface area contributed by atoms with Crippen LogP contribution in [-0.4, -0.2) is 21.5 Å². The van der Waals surface area contributed by atoms with Gasteiger partial charge in [-0.15, -0.1) is 0 Å². The molecule has 0 aromatic carbocycles. The summed E-state index contributed by atoms with van der Waals surface area (Å²) in [5, 5.41) is 1.40. The number of nitrogens with one attached hydrogen (secondary N) is 2. The van der Waals surface area contributed by atoms with Gasteiger partial charge in [-0.3, -0.25) is 0 Å². The number of aromatic nitrogens is 1. The van der Waals surface area contributed by atoms with Gasteiger partial charge in [0.15, 0.2) is 8.24 Å². The van der Waals surface area contributed by atoms with Gasteiger partial charge in [0.2, 0.25) is 0 Å². The maximum absolute atomic E-state index is 3.84. The molecule has 1 aromatic heterocycles. The van der Waals surface area contributed by atoms with E-state index in [1.165, 1.54) is 5.32 Å². The van der Waals surface area contributed by atoms with Gasteiger partial charge in [0.1, 0.15) is 8.24 Å². The van der Waals surface area contributed by atoms with Crippen LogP contribution in [0.4, 0.5) is 0 Å². The van der Waals surface area contributed by atoms with E-state index >= 15 is 0 Å². The highest BCUT2D eigenvalue weighted by Gasteiger charge is 2.29. The summed E-state index contributed by atoms with van der Waals surface area (Å²) in [6.07, 6.45) is 2.01. The molecule has 0 saturated heterocycles. The van der Waals surface area contributed by atoms with Gasteiger partial charge < -0.3 is 9.63 Å². The van der Waals surface area contributed by atoms with E-state index < -0.39 is 16.5 Å². The lowest BCUT2D eigenvalue weighted by molar-refractivity contribution is 1.30. The molecule has 0 aliphatic rings. The van der Waals surface area contributed by atoms with E-state index in [1.807, 2.05) is 6.20 Å². The van der Waals surface area contributed by atoms with Crippen molar-refractivity contribution in [3.63, 3.8) is 0 Å². The zero-order valence-corrected chi connectivity index (χ0v) is 11.2. The number of hydrogen-bond acceptors (Lipinski definition) is 1. The lowest BCUT2D eigenvalue weighted by atomic mass is 10.7. The molecule has 2 nitrogen and oxygen atoms in total. The molecule has 0 radical (unpaired) electrons. The van der Waals surface area contributed by atoms with Crippen molar-refractivity contribution < 1.29 is 0 Å². The van der Waals surface area contributed by atoms with Crippen LogP contribution in [0.5, 0.6) is 0 Å². The minimum atomic E-state index is -1.41. The highest BCUT2D eigenvalue weighted by Crippen LogP contribution is 2.04. The monoisotopic (exact) mass is 212 g/mol. The Balaban J connectivity index is 2.78. The Bertz CT molecular complexity index is 260. The molecule has 0 fully saturated rings. The Morgan fingerprint density at radius 2 is 1.77 bits per heavy atom. The minimum absolute atomic E-state index is 1.16. The van der Waals surface area contributed by atoms with Gasteiger partial charge in [-0.1, -0.05) is 32.7 Å². The Labute approximate surface area is 82.9 Å². The molecule has 0 bridgehead atoms. The van der Waals surface area contributed by atoms with Gasteiger partial charge in [-0.2, -0.15) is 0 Å². The van der Waals surface area contributed by atoms with E-state index in [-0.39, 0.29) is 0 Å². The van der Waals surface area contributed by atoms with E-state index in [1.54, 1.807) is 0 Å². The molecule has 1 aromatic rings. The predicted molar refractivity (Wildman–Crippen MR) is 64.4 cm³/mol. The third kappa shape index (κ3) is 3.13. The van der Waals surface area contributed by atoms with Crippen LogP contribution in [-0.2, 0) is 0 Å². The molecule has 0 atom stereocenters. The second-order valence-corrected chi connectivity index (χ2v) is 14.4. The van der Waals surface area contributed by atoms with Gasteiger partial charge in [-0.25, -0.2) is 0 Å².